The number of likely N-dealkylation sites (N-methyl/N-ethyl adjacent to an activating group) is 1. The van der Waals surface area contributed by atoms with Gasteiger partial charge in [0.05, 0.1) is 12.6 Å². The molecule has 28 heavy (non-hydrogen) atoms. The van der Waals surface area contributed by atoms with E-state index in [9.17, 15) is 9.59 Å². The summed E-state index contributed by atoms with van der Waals surface area (Å²) in [6.07, 6.45) is 2.25. The van der Waals surface area contributed by atoms with Crippen LogP contribution < -0.4 is 10.1 Å². The number of nitrogens with zero attached hydrogens (tertiary/aromatic N) is 1. The van der Waals surface area contributed by atoms with Crippen LogP contribution in [-0.2, 0) is 9.53 Å². The van der Waals surface area contributed by atoms with E-state index in [0.717, 1.165) is 25.0 Å². The van der Waals surface area contributed by atoms with Crippen molar-refractivity contribution in [2.24, 2.45) is 0 Å². The number of hydrogen-bond acceptors (Lipinski definition) is 4. The van der Waals surface area contributed by atoms with E-state index in [0.29, 0.717) is 23.6 Å². The molecular weight excluding hydrogens is 356 g/mol. The first-order chi connectivity index (χ1) is 13.5. The van der Waals surface area contributed by atoms with Gasteiger partial charge in [-0.2, -0.15) is 0 Å². The van der Waals surface area contributed by atoms with Gasteiger partial charge >= 0.3 is 0 Å². The molecule has 6 heteroatoms. The summed E-state index contributed by atoms with van der Waals surface area (Å²) in [6, 6.07) is 14.5. The lowest BCUT2D eigenvalue weighted by atomic mass is 10.2. The van der Waals surface area contributed by atoms with Crippen molar-refractivity contribution in [1.82, 2.24) is 4.90 Å². The number of ether oxygens (including phenoxy) is 2. The minimum absolute atomic E-state index is 0.0238. The number of carbonyl (C=O) groups excluding carboxylic acids is 2. The average Bonchev–Trinajstić information content (AvgIpc) is 3.21. The molecule has 1 saturated heterocycles. The maximum absolute atomic E-state index is 12.5. The Kier molecular flexibility index (Phi) is 6.66. The van der Waals surface area contributed by atoms with Gasteiger partial charge in [0.15, 0.2) is 0 Å². The fourth-order valence-electron chi connectivity index (χ4n) is 3.00. The lowest BCUT2D eigenvalue weighted by molar-refractivity contribution is -0.116. The molecule has 2 amide bonds. The summed E-state index contributed by atoms with van der Waals surface area (Å²) in [6.45, 7) is 3.28. The zero-order valence-electron chi connectivity index (χ0n) is 16.3. The predicted octanol–water partition coefficient (Wildman–Crippen LogP) is 3.26. The highest BCUT2D eigenvalue weighted by Crippen LogP contribution is 2.17. The lowest BCUT2D eigenvalue weighted by Gasteiger charge is -2.17. The van der Waals surface area contributed by atoms with Crippen molar-refractivity contribution >= 4 is 17.5 Å². The summed E-state index contributed by atoms with van der Waals surface area (Å²) in [5.74, 6) is 0.243. The molecule has 1 aliphatic heterocycles. The fourth-order valence-corrected chi connectivity index (χ4v) is 3.00. The molecule has 0 spiro atoms. The van der Waals surface area contributed by atoms with Gasteiger partial charge in [-0.05, 0) is 56.2 Å². The molecule has 2 aromatic rings. The molecule has 0 radical (unpaired) electrons. The van der Waals surface area contributed by atoms with Crippen LogP contribution in [0.3, 0.4) is 0 Å². The van der Waals surface area contributed by atoms with E-state index < -0.39 is 0 Å². The second-order valence-electron chi connectivity index (χ2n) is 7.05. The zero-order chi connectivity index (χ0) is 19.9. The molecule has 1 unspecified atom stereocenters. The van der Waals surface area contributed by atoms with Crippen LogP contribution in [-0.4, -0.2) is 49.6 Å². The van der Waals surface area contributed by atoms with E-state index in [2.05, 4.69) is 5.32 Å². The number of rotatable bonds is 7. The van der Waals surface area contributed by atoms with E-state index in [1.807, 2.05) is 31.2 Å². The Hall–Kier alpha value is -2.86. The highest BCUT2D eigenvalue weighted by Gasteiger charge is 2.17. The Morgan fingerprint density at radius 1 is 1.14 bits per heavy atom. The second kappa shape index (κ2) is 9.37. The van der Waals surface area contributed by atoms with E-state index in [1.165, 1.54) is 4.90 Å². The summed E-state index contributed by atoms with van der Waals surface area (Å²) in [5.41, 5.74) is 2.34. The molecule has 0 aromatic heterocycles. The van der Waals surface area contributed by atoms with Gasteiger partial charge in [-0.1, -0.05) is 17.7 Å². The summed E-state index contributed by atoms with van der Waals surface area (Å²) in [5, 5.41) is 2.79. The van der Waals surface area contributed by atoms with Gasteiger partial charge in [0, 0.05) is 24.9 Å². The third-order valence-electron chi connectivity index (χ3n) is 4.62. The first-order valence-electron chi connectivity index (χ1n) is 9.48. The summed E-state index contributed by atoms with van der Waals surface area (Å²) < 4.78 is 11.2. The summed E-state index contributed by atoms with van der Waals surface area (Å²) >= 11 is 0. The van der Waals surface area contributed by atoms with Crippen molar-refractivity contribution in [2.45, 2.75) is 25.9 Å². The fraction of sp³-hybridized carbons (Fsp3) is 0.364. The third-order valence-corrected chi connectivity index (χ3v) is 4.62. The standard InChI is InChI=1S/C22H26N2O4/c1-16-5-9-18(10-6-16)23-21(25)14-24(2)22(26)17-7-11-19(12-8-17)28-15-20-4-3-13-27-20/h5-12,20H,3-4,13-15H2,1-2H3,(H,23,25). The molecule has 1 atom stereocenters. The van der Waals surface area contributed by atoms with Crippen LogP contribution in [0.15, 0.2) is 48.5 Å². The Morgan fingerprint density at radius 3 is 2.50 bits per heavy atom. The van der Waals surface area contributed by atoms with Gasteiger partial charge in [0.25, 0.3) is 5.91 Å². The van der Waals surface area contributed by atoms with Crippen molar-refractivity contribution in [3.8, 4) is 5.75 Å². The van der Waals surface area contributed by atoms with Gasteiger partial charge in [-0.25, -0.2) is 0 Å². The molecular formula is C22H26N2O4. The first-order valence-corrected chi connectivity index (χ1v) is 9.48. The average molecular weight is 382 g/mol. The van der Waals surface area contributed by atoms with Crippen LogP contribution in [0.25, 0.3) is 0 Å². The van der Waals surface area contributed by atoms with Crippen LogP contribution in [0.4, 0.5) is 5.69 Å². The number of hydrogen-bond donors (Lipinski definition) is 1. The molecule has 3 rings (SSSR count). The zero-order valence-corrected chi connectivity index (χ0v) is 16.3. The smallest absolute Gasteiger partial charge is 0.254 e. The molecule has 0 bridgehead atoms. The Bertz CT molecular complexity index is 796. The molecule has 0 aliphatic carbocycles. The minimum Gasteiger partial charge on any atom is -0.491 e. The van der Waals surface area contributed by atoms with Crippen molar-refractivity contribution < 1.29 is 19.1 Å². The predicted molar refractivity (Wildman–Crippen MR) is 108 cm³/mol. The van der Waals surface area contributed by atoms with Crippen molar-refractivity contribution in [3.63, 3.8) is 0 Å². The maximum Gasteiger partial charge on any atom is 0.254 e. The van der Waals surface area contributed by atoms with Gasteiger partial charge < -0.3 is 19.7 Å². The van der Waals surface area contributed by atoms with E-state index in [-0.39, 0.29) is 24.5 Å². The largest absolute Gasteiger partial charge is 0.491 e. The minimum atomic E-state index is -0.240. The van der Waals surface area contributed by atoms with E-state index in [4.69, 9.17) is 9.47 Å². The Morgan fingerprint density at radius 2 is 1.86 bits per heavy atom. The number of carbonyl (C=O) groups is 2. The Labute approximate surface area is 165 Å². The molecule has 6 nitrogen and oxygen atoms in total. The van der Waals surface area contributed by atoms with Crippen LogP contribution in [0.1, 0.15) is 28.8 Å². The van der Waals surface area contributed by atoms with Crippen LogP contribution >= 0.6 is 0 Å². The maximum atomic E-state index is 12.5. The number of aryl methyl sites for hydroxylation is 1. The highest BCUT2D eigenvalue weighted by atomic mass is 16.5. The molecule has 148 valence electrons. The number of nitrogens with one attached hydrogen (secondary N) is 1. The number of anilines is 1. The topological polar surface area (TPSA) is 67.9 Å². The van der Waals surface area contributed by atoms with E-state index >= 15 is 0 Å². The van der Waals surface area contributed by atoms with Crippen LogP contribution in [0, 0.1) is 6.92 Å². The molecule has 1 fully saturated rings. The SMILES string of the molecule is Cc1ccc(NC(=O)CN(C)C(=O)c2ccc(OCC3CCCO3)cc2)cc1. The molecule has 1 N–H and O–H groups in total. The lowest BCUT2D eigenvalue weighted by Crippen LogP contribution is -2.34. The Balaban J connectivity index is 1.49. The summed E-state index contributed by atoms with van der Waals surface area (Å²) in [4.78, 5) is 26.1. The normalized spacial score (nSPS) is 15.9. The third kappa shape index (κ3) is 5.57. The highest BCUT2D eigenvalue weighted by molar-refractivity contribution is 5.99. The summed E-state index contributed by atoms with van der Waals surface area (Å²) in [7, 11) is 1.61. The van der Waals surface area contributed by atoms with Gasteiger partial charge in [-0.15, -0.1) is 0 Å². The second-order valence-corrected chi connectivity index (χ2v) is 7.05. The molecule has 1 heterocycles. The first kappa shape index (κ1) is 19.9. The number of benzene rings is 2. The van der Waals surface area contributed by atoms with E-state index in [1.54, 1.807) is 31.3 Å². The van der Waals surface area contributed by atoms with Gasteiger partial charge in [-0.3, -0.25) is 9.59 Å². The van der Waals surface area contributed by atoms with Crippen LogP contribution in [0.2, 0.25) is 0 Å². The quantitative estimate of drug-likeness (QED) is 0.798. The van der Waals surface area contributed by atoms with Crippen molar-refractivity contribution in [2.75, 3.05) is 32.1 Å². The molecule has 0 saturated carbocycles. The van der Waals surface area contributed by atoms with Crippen molar-refractivity contribution in [3.05, 3.63) is 59.7 Å². The molecule has 1 aliphatic rings. The van der Waals surface area contributed by atoms with Crippen LogP contribution in [0.5, 0.6) is 5.75 Å². The van der Waals surface area contributed by atoms with Gasteiger partial charge in [0.1, 0.15) is 12.4 Å². The molecule has 2 aromatic carbocycles. The monoisotopic (exact) mass is 382 g/mol. The van der Waals surface area contributed by atoms with Gasteiger partial charge in [0.2, 0.25) is 5.91 Å². The number of amides is 2. The van der Waals surface area contributed by atoms with Crippen molar-refractivity contribution in [1.29, 1.82) is 0 Å².